The first-order valence-corrected chi connectivity index (χ1v) is 8.49. The van der Waals surface area contributed by atoms with Crippen LogP contribution in [0.25, 0.3) is 0 Å². The SMILES string of the molecule is COC1(CNC(=O)C2CC2)CCN(S(C)(=O)=O)CC1. The zero-order valence-electron chi connectivity index (χ0n) is 11.5. The van der Waals surface area contributed by atoms with Crippen LogP contribution in [0.1, 0.15) is 25.7 Å². The summed E-state index contributed by atoms with van der Waals surface area (Å²) in [5.41, 5.74) is -0.425. The van der Waals surface area contributed by atoms with Crippen LogP contribution in [0.3, 0.4) is 0 Å². The van der Waals surface area contributed by atoms with Gasteiger partial charge in [0.2, 0.25) is 15.9 Å². The molecule has 19 heavy (non-hydrogen) atoms. The van der Waals surface area contributed by atoms with E-state index in [1.165, 1.54) is 10.6 Å². The lowest BCUT2D eigenvalue weighted by Gasteiger charge is -2.39. The maximum Gasteiger partial charge on any atom is 0.223 e. The summed E-state index contributed by atoms with van der Waals surface area (Å²) in [4.78, 5) is 11.7. The Balaban J connectivity index is 1.88. The third-order valence-electron chi connectivity index (χ3n) is 4.07. The zero-order valence-corrected chi connectivity index (χ0v) is 12.3. The highest BCUT2D eigenvalue weighted by Crippen LogP contribution is 2.30. The fourth-order valence-electron chi connectivity index (χ4n) is 2.42. The molecule has 2 rings (SSSR count). The smallest absolute Gasteiger partial charge is 0.223 e. The normalized spacial score (nSPS) is 24.1. The average molecular weight is 290 g/mol. The van der Waals surface area contributed by atoms with E-state index >= 15 is 0 Å². The number of nitrogens with zero attached hydrogens (tertiary/aromatic N) is 1. The monoisotopic (exact) mass is 290 g/mol. The lowest BCUT2D eigenvalue weighted by Crippen LogP contribution is -2.53. The number of methoxy groups -OCH3 is 1. The van der Waals surface area contributed by atoms with E-state index < -0.39 is 15.6 Å². The van der Waals surface area contributed by atoms with Crippen LogP contribution < -0.4 is 5.32 Å². The molecule has 1 aliphatic heterocycles. The number of rotatable bonds is 5. The predicted octanol–water partition coefficient (Wildman–Crippen LogP) is -0.0468. The van der Waals surface area contributed by atoms with Crippen molar-refractivity contribution in [1.29, 1.82) is 0 Å². The van der Waals surface area contributed by atoms with Crippen LogP contribution in [-0.2, 0) is 19.6 Å². The zero-order chi connectivity index (χ0) is 14.1. The van der Waals surface area contributed by atoms with Crippen molar-refractivity contribution < 1.29 is 17.9 Å². The second-order valence-electron chi connectivity index (χ2n) is 5.54. The molecule has 1 heterocycles. The molecule has 1 N–H and O–H groups in total. The molecular weight excluding hydrogens is 268 g/mol. The maximum absolute atomic E-state index is 11.7. The standard InChI is InChI=1S/C12H22N2O4S/c1-18-12(9-13-11(15)10-3-4-10)5-7-14(8-6-12)19(2,16)17/h10H,3-9H2,1-2H3,(H,13,15). The van der Waals surface area contributed by atoms with Gasteiger partial charge in [-0.05, 0) is 25.7 Å². The van der Waals surface area contributed by atoms with E-state index in [2.05, 4.69) is 5.32 Å². The van der Waals surface area contributed by atoms with Crippen LogP contribution in [0, 0.1) is 5.92 Å². The quantitative estimate of drug-likeness (QED) is 0.770. The predicted molar refractivity (Wildman–Crippen MR) is 71.1 cm³/mol. The molecular formula is C12H22N2O4S. The summed E-state index contributed by atoms with van der Waals surface area (Å²) in [5, 5.41) is 2.93. The van der Waals surface area contributed by atoms with E-state index in [1.807, 2.05) is 0 Å². The Bertz CT molecular complexity index is 437. The van der Waals surface area contributed by atoms with Gasteiger partial charge in [0.25, 0.3) is 0 Å². The number of hydrogen-bond donors (Lipinski definition) is 1. The molecule has 0 aromatic rings. The molecule has 0 aromatic heterocycles. The first-order chi connectivity index (χ1) is 8.86. The van der Waals surface area contributed by atoms with E-state index in [0.717, 1.165) is 12.8 Å². The van der Waals surface area contributed by atoms with Crippen molar-refractivity contribution in [3.63, 3.8) is 0 Å². The highest BCUT2D eigenvalue weighted by molar-refractivity contribution is 7.88. The Labute approximate surface area is 114 Å². The van der Waals surface area contributed by atoms with Crippen molar-refractivity contribution in [1.82, 2.24) is 9.62 Å². The minimum atomic E-state index is -3.13. The van der Waals surface area contributed by atoms with Gasteiger partial charge in [0.1, 0.15) is 0 Å². The van der Waals surface area contributed by atoms with E-state index in [9.17, 15) is 13.2 Å². The van der Waals surface area contributed by atoms with Gasteiger partial charge in [-0.15, -0.1) is 0 Å². The minimum absolute atomic E-state index is 0.0990. The molecule has 2 aliphatic rings. The van der Waals surface area contributed by atoms with Crippen molar-refractivity contribution in [3.8, 4) is 0 Å². The topological polar surface area (TPSA) is 75.7 Å². The summed E-state index contributed by atoms with van der Waals surface area (Å²) in [6.07, 6.45) is 4.41. The lowest BCUT2D eigenvalue weighted by molar-refractivity contribution is -0.124. The molecule has 1 aliphatic carbocycles. The first kappa shape index (κ1) is 14.7. The lowest BCUT2D eigenvalue weighted by atomic mass is 9.92. The van der Waals surface area contributed by atoms with Crippen molar-refractivity contribution >= 4 is 15.9 Å². The molecule has 6 nitrogen and oxygen atoms in total. The number of amides is 1. The van der Waals surface area contributed by atoms with Gasteiger partial charge >= 0.3 is 0 Å². The van der Waals surface area contributed by atoms with E-state index in [4.69, 9.17) is 4.74 Å². The highest BCUT2D eigenvalue weighted by Gasteiger charge is 2.38. The molecule has 0 bridgehead atoms. The first-order valence-electron chi connectivity index (χ1n) is 6.64. The van der Waals surface area contributed by atoms with Crippen molar-refractivity contribution in [2.45, 2.75) is 31.3 Å². The maximum atomic E-state index is 11.7. The third-order valence-corrected chi connectivity index (χ3v) is 5.37. The molecule has 1 saturated heterocycles. The van der Waals surface area contributed by atoms with Crippen molar-refractivity contribution in [3.05, 3.63) is 0 Å². The molecule has 0 spiro atoms. The molecule has 0 radical (unpaired) electrons. The largest absolute Gasteiger partial charge is 0.376 e. The third kappa shape index (κ3) is 3.67. The Morgan fingerprint density at radius 1 is 1.37 bits per heavy atom. The molecule has 0 unspecified atom stereocenters. The van der Waals surface area contributed by atoms with E-state index in [-0.39, 0.29) is 11.8 Å². The minimum Gasteiger partial charge on any atom is -0.376 e. The molecule has 1 saturated carbocycles. The number of hydrogen-bond acceptors (Lipinski definition) is 4. The molecule has 2 fully saturated rings. The molecule has 110 valence electrons. The van der Waals surface area contributed by atoms with Crippen LogP contribution in [0.15, 0.2) is 0 Å². The summed E-state index contributed by atoms with van der Waals surface area (Å²) in [6.45, 7) is 1.37. The fraction of sp³-hybridized carbons (Fsp3) is 0.917. The van der Waals surface area contributed by atoms with Crippen molar-refractivity contribution in [2.24, 2.45) is 5.92 Å². The number of carbonyl (C=O) groups excluding carboxylic acids is 1. The number of piperidine rings is 1. The number of sulfonamides is 1. The molecule has 1 amide bonds. The van der Waals surface area contributed by atoms with Crippen LogP contribution in [0.5, 0.6) is 0 Å². The van der Waals surface area contributed by atoms with Gasteiger partial charge in [0, 0.05) is 32.7 Å². The van der Waals surface area contributed by atoms with Crippen LogP contribution >= 0.6 is 0 Å². The summed E-state index contributed by atoms with van der Waals surface area (Å²) in [7, 11) is -1.50. The Morgan fingerprint density at radius 2 is 1.95 bits per heavy atom. The molecule has 0 aromatic carbocycles. The van der Waals surface area contributed by atoms with Crippen LogP contribution in [0.2, 0.25) is 0 Å². The van der Waals surface area contributed by atoms with Crippen LogP contribution in [-0.4, -0.2) is 57.2 Å². The average Bonchev–Trinajstić information content (AvgIpc) is 3.19. The molecule has 7 heteroatoms. The summed E-state index contributed by atoms with van der Waals surface area (Å²) < 4.78 is 29.9. The summed E-state index contributed by atoms with van der Waals surface area (Å²) >= 11 is 0. The van der Waals surface area contributed by atoms with Gasteiger partial charge in [0.05, 0.1) is 11.9 Å². The fourth-order valence-corrected chi connectivity index (χ4v) is 3.26. The van der Waals surface area contributed by atoms with Gasteiger partial charge < -0.3 is 10.1 Å². The van der Waals surface area contributed by atoms with Gasteiger partial charge in [0.15, 0.2) is 0 Å². The van der Waals surface area contributed by atoms with Crippen molar-refractivity contribution in [2.75, 3.05) is 33.0 Å². The van der Waals surface area contributed by atoms with Gasteiger partial charge in [-0.3, -0.25) is 4.79 Å². The van der Waals surface area contributed by atoms with Crippen LogP contribution in [0.4, 0.5) is 0 Å². The van der Waals surface area contributed by atoms with E-state index in [1.54, 1.807) is 7.11 Å². The summed E-state index contributed by atoms with van der Waals surface area (Å²) in [5.74, 6) is 0.284. The van der Waals surface area contributed by atoms with Gasteiger partial charge in [-0.25, -0.2) is 12.7 Å². The Hall–Kier alpha value is -0.660. The second kappa shape index (κ2) is 5.38. The van der Waals surface area contributed by atoms with E-state index in [0.29, 0.717) is 32.5 Å². The number of nitrogens with one attached hydrogen (secondary N) is 1. The number of ether oxygens (including phenoxy) is 1. The summed E-state index contributed by atoms with van der Waals surface area (Å²) in [6, 6.07) is 0. The highest BCUT2D eigenvalue weighted by atomic mass is 32.2. The Morgan fingerprint density at radius 3 is 2.37 bits per heavy atom. The van der Waals surface area contributed by atoms with Gasteiger partial charge in [-0.2, -0.15) is 0 Å². The second-order valence-corrected chi connectivity index (χ2v) is 7.52. The van der Waals surface area contributed by atoms with Gasteiger partial charge in [-0.1, -0.05) is 0 Å². The number of carbonyl (C=O) groups is 1. The molecule has 0 atom stereocenters. The Kier molecular flexibility index (Phi) is 4.17.